The van der Waals surface area contributed by atoms with Crippen molar-refractivity contribution in [2.45, 2.75) is 11.4 Å². The van der Waals surface area contributed by atoms with Crippen molar-refractivity contribution in [3.63, 3.8) is 0 Å². The number of carboxylic acids is 1. The van der Waals surface area contributed by atoms with E-state index < -0.39 is 46.6 Å². The molecule has 0 aliphatic carbocycles. The fourth-order valence-electron chi connectivity index (χ4n) is 2.01. The molecular weight excluding hydrogens is 350 g/mol. The predicted molar refractivity (Wildman–Crippen MR) is 80.9 cm³/mol. The number of Topliss-reactive ketones (excluding diaryl/α,β-unsaturated/α-hetero) is 1. The van der Waals surface area contributed by atoms with Gasteiger partial charge in [0.25, 0.3) is 11.8 Å². The molecule has 2 heterocycles. The molecule has 0 saturated carbocycles. The number of aliphatic carboxylic acids is 1. The summed E-state index contributed by atoms with van der Waals surface area (Å²) in [5.74, 6) is -3.43. The van der Waals surface area contributed by atoms with Gasteiger partial charge in [0.15, 0.2) is 0 Å². The number of carboxylic acid groups (broad SMARTS) is 1. The van der Waals surface area contributed by atoms with Crippen molar-refractivity contribution in [1.29, 1.82) is 0 Å². The normalized spacial score (nSPS) is 23.4. The third kappa shape index (κ3) is 3.32. The Bertz CT molecular complexity index is 634. The van der Waals surface area contributed by atoms with E-state index in [1.807, 2.05) is 0 Å². The van der Waals surface area contributed by atoms with E-state index in [-0.39, 0.29) is 11.3 Å². The van der Waals surface area contributed by atoms with E-state index in [1.54, 1.807) is 0 Å². The molecule has 2 rings (SSSR count). The Morgan fingerprint density at radius 1 is 1.57 bits per heavy atom. The van der Waals surface area contributed by atoms with E-state index in [0.717, 1.165) is 0 Å². The van der Waals surface area contributed by atoms with Crippen molar-refractivity contribution >= 4 is 52.6 Å². The molecule has 0 bridgehead atoms. The minimum atomic E-state index is -1.10. The highest BCUT2D eigenvalue weighted by Gasteiger charge is 2.50. The molecule has 1 saturated heterocycles. The van der Waals surface area contributed by atoms with E-state index >= 15 is 0 Å². The zero-order valence-corrected chi connectivity index (χ0v) is 13.4. The molecular formula is C12H12ClN3O6S. The van der Waals surface area contributed by atoms with Gasteiger partial charge in [-0.3, -0.25) is 14.4 Å². The number of oxime groups is 1. The Balaban J connectivity index is 2.07. The zero-order valence-electron chi connectivity index (χ0n) is 11.8. The van der Waals surface area contributed by atoms with Gasteiger partial charge in [0.1, 0.15) is 18.5 Å². The van der Waals surface area contributed by atoms with E-state index in [4.69, 9.17) is 16.7 Å². The van der Waals surface area contributed by atoms with Crippen LogP contribution in [0.1, 0.15) is 0 Å². The molecule has 23 heavy (non-hydrogen) atoms. The number of ketones is 1. The molecule has 11 heteroatoms. The second kappa shape index (κ2) is 7.01. The lowest BCUT2D eigenvalue weighted by atomic mass is 10.1. The van der Waals surface area contributed by atoms with E-state index in [2.05, 4.69) is 15.3 Å². The van der Waals surface area contributed by atoms with Crippen LogP contribution in [0.2, 0.25) is 0 Å². The number of nitrogens with zero attached hydrogens (tertiary/aromatic N) is 2. The molecule has 0 aromatic rings. The van der Waals surface area contributed by atoms with Gasteiger partial charge in [-0.05, 0) is 0 Å². The maximum atomic E-state index is 12.0. The first kappa shape index (κ1) is 17.3. The Morgan fingerprint density at radius 3 is 2.83 bits per heavy atom. The smallest absolute Gasteiger partial charge is 0.333 e. The number of halogens is 1. The van der Waals surface area contributed by atoms with Gasteiger partial charge in [-0.25, -0.2) is 4.79 Å². The van der Waals surface area contributed by atoms with Gasteiger partial charge in [0.2, 0.25) is 11.5 Å². The Labute approximate surface area is 139 Å². The lowest BCUT2D eigenvalue weighted by molar-refractivity contribution is -0.144. The monoisotopic (exact) mass is 361 g/mol. The first-order valence-corrected chi connectivity index (χ1v) is 7.88. The molecule has 1 fully saturated rings. The summed E-state index contributed by atoms with van der Waals surface area (Å²) in [6.07, 6.45) is 1.25. The van der Waals surface area contributed by atoms with Crippen LogP contribution >= 0.6 is 23.4 Å². The molecule has 9 nitrogen and oxygen atoms in total. The maximum absolute atomic E-state index is 12.0. The number of hydrogen-bond donors (Lipinski definition) is 2. The van der Waals surface area contributed by atoms with Crippen LogP contribution in [0.25, 0.3) is 0 Å². The zero-order chi connectivity index (χ0) is 17.1. The summed E-state index contributed by atoms with van der Waals surface area (Å²) in [5.41, 5.74) is -0.431. The molecule has 0 aromatic carbocycles. The van der Waals surface area contributed by atoms with Crippen molar-refractivity contribution in [3.05, 3.63) is 11.8 Å². The van der Waals surface area contributed by atoms with Crippen molar-refractivity contribution in [2.75, 3.05) is 18.7 Å². The fourth-order valence-corrected chi connectivity index (χ4v) is 3.39. The average molecular weight is 362 g/mol. The number of carbonyl (C=O) groups excluding carboxylic acids is 3. The van der Waals surface area contributed by atoms with Gasteiger partial charge in [-0.1, -0.05) is 5.16 Å². The summed E-state index contributed by atoms with van der Waals surface area (Å²) in [7, 11) is 1.17. The number of alkyl halides is 1. The molecule has 2 amide bonds. The second-order valence-corrected chi connectivity index (χ2v) is 5.91. The number of carbonyl (C=O) groups is 4. The number of thioether (sulfide) groups is 1. The van der Waals surface area contributed by atoms with Crippen LogP contribution in [-0.2, 0) is 24.0 Å². The Hall–Kier alpha value is -2.07. The average Bonchev–Trinajstić information content (AvgIpc) is 2.55. The minimum Gasteiger partial charge on any atom is -0.478 e. The van der Waals surface area contributed by atoms with E-state index in [0.29, 0.717) is 0 Å². The highest BCUT2D eigenvalue weighted by atomic mass is 35.5. The van der Waals surface area contributed by atoms with E-state index in [9.17, 15) is 19.2 Å². The van der Waals surface area contributed by atoms with Gasteiger partial charge in [0, 0.05) is 12.0 Å². The molecule has 2 N–H and O–H groups in total. The van der Waals surface area contributed by atoms with Gasteiger partial charge >= 0.3 is 5.97 Å². The van der Waals surface area contributed by atoms with Gasteiger partial charge in [-0.15, -0.1) is 23.4 Å². The number of β-lactam (4-membered cyclic amide) rings is 1. The highest BCUT2D eigenvalue weighted by Crippen LogP contribution is 2.36. The summed E-state index contributed by atoms with van der Waals surface area (Å²) in [5, 5.41) is 14.2. The molecule has 0 spiro atoms. The van der Waals surface area contributed by atoms with Crippen LogP contribution in [0.15, 0.2) is 16.9 Å². The number of rotatable bonds is 6. The summed E-state index contributed by atoms with van der Waals surface area (Å²) < 4.78 is 0. The summed E-state index contributed by atoms with van der Waals surface area (Å²) in [6, 6.07) is -0.871. The third-order valence-electron chi connectivity index (χ3n) is 3.13. The standard InChI is InChI=1S/C12H12ClN3O6S/c1-22-15-7(6(17)2-13)9(18)14-8-10(19)16-3-5(12(20)21)4-23-11(8)16/h3,8,11H,2,4H2,1H3,(H,14,18)(H,20,21)/t8?,11-/m0/s1. The first-order chi connectivity index (χ1) is 10.9. The van der Waals surface area contributed by atoms with E-state index in [1.165, 1.54) is 30.0 Å². The quantitative estimate of drug-likeness (QED) is 0.208. The summed E-state index contributed by atoms with van der Waals surface area (Å²) in [4.78, 5) is 52.1. The SMILES string of the molecule is CON=C(C(=O)CCl)C(=O)NC1C(=O)N2C=C(C(=O)O)CS[C@@H]12. The van der Waals surface area contributed by atoms with Crippen LogP contribution in [0.4, 0.5) is 0 Å². The summed E-state index contributed by atoms with van der Waals surface area (Å²) >= 11 is 6.59. The lowest BCUT2D eigenvalue weighted by Gasteiger charge is -2.46. The molecule has 2 atom stereocenters. The fraction of sp³-hybridized carbons (Fsp3) is 0.417. The van der Waals surface area contributed by atoms with Crippen molar-refractivity contribution < 1.29 is 29.1 Å². The largest absolute Gasteiger partial charge is 0.478 e. The maximum Gasteiger partial charge on any atom is 0.333 e. The van der Waals surface area contributed by atoms with Gasteiger partial charge in [-0.2, -0.15) is 0 Å². The first-order valence-electron chi connectivity index (χ1n) is 6.29. The predicted octanol–water partition coefficient (Wildman–Crippen LogP) is -0.835. The molecule has 0 aromatic heterocycles. The Kier molecular flexibility index (Phi) is 5.26. The second-order valence-electron chi connectivity index (χ2n) is 4.54. The number of hydrogen-bond acceptors (Lipinski definition) is 7. The Morgan fingerprint density at radius 2 is 2.26 bits per heavy atom. The molecule has 0 radical (unpaired) electrons. The minimum absolute atomic E-state index is 0.100. The lowest BCUT2D eigenvalue weighted by Crippen LogP contribution is -2.69. The highest BCUT2D eigenvalue weighted by molar-refractivity contribution is 8.00. The van der Waals surface area contributed by atoms with Crippen molar-refractivity contribution in [2.24, 2.45) is 5.16 Å². The molecule has 1 unspecified atom stereocenters. The summed E-state index contributed by atoms with van der Waals surface area (Å²) in [6.45, 7) is 0. The molecule has 2 aliphatic rings. The van der Waals surface area contributed by atoms with Gasteiger partial charge in [0.05, 0.1) is 11.5 Å². The number of fused-ring (bicyclic) bond motifs is 1. The van der Waals surface area contributed by atoms with Crippen LogP contribution in [0.3, 0.4) is 0 Å². The molecule has 124 valence electrons. The van der Waals surface area contributed by atoms with Crippen LogP contribution in [-0.4, -0.2) is 69.4 Å². The van der Waals surface area contributed by atoms with Crippen molar-refractivity contribution in [3.8, 4) is 0 Å². The topological polar surface area (TPSA) is 125 Å². The van der Waals surface area contributed by atoms with Gasteiger partial charge < -0.3 is 20.2 Å². The molecule has 2 aliphatic heterocycles. The number of nitrogens with one attached hydrogen (secondary N) is 1. The van der Waals surface area contributed by atoms with Crippen LogP contribution in [0.5, 0.6) is 0 Å². The third-order valence-corrected chi connectivity index (χ3v) is 4.69. The number of amides is 2. The van der Waals surface area contributed by atoms with Crippen LogP contribution in [0, 0.1) is 0 Å². The van der Waals surface area contributed by atoms with Crippen molar-refractivity contribution in [1.82, 2.24) is 10.2 Å². The van der Waals surface area contributed by atoms with Crippen LogP contribution < -0.4 is 5.32 Å².